The smallest absolute Gasteiger partial charge is 0.152 e. The number of aldehydes is 1. The summed E-state index contributed by atoms with van der Waals surface area (Å²) in [5.41, 5.74) is 4.41. The Hall–Kier alpha value is -2.29. The maximum Gasteiger partial charge on any atom is 0.152 e. The number of benzene rings is 2. The maximum atomic E-state index is 11.2. The molecule has 0 aromatic heterocycles. The number of hydrogen-bond acceptors (Lipinski definition) is 3. The fraction of sp³-hybridized carbons (Fsp3) is 0.278. The largest absolute Gasteiger partial charge is 0.368 e. The molecule has 1 saturated heterocycles. The second-order valence-electron chi connectivity index (χ2n) is 5.49. The zero-order valence-corrected chi connectivity index (χ0v) is 12.3. The van der Waals surface area contributed by atoms with E-state index < -0.39 is 0 Å². The van der Waals surface area contributed by atoms with Gasteiger partial charge in [0.2, 0.25) is 0 Å². The fourth-order valence-corrected chi connectivity index (χ4v) is 2.91. The molecule has 2 aromatic carbocycles. The standard InChI is InChI=1S/C18H20N2O/c1-15-5-4-7-17(13-15)19-9-11-20(12-10-19)18-8-3-2-6-16(18)14-21/h2-8,13-14H,9-12H2,1H3. The predicted molar refractivity (Wildman–Crippen MR) is 87.4 cm³/mol. The Kier molecular flexibility index (Phi) is 3.91. The van der Waals surface area contributed by atoms with Crippen LogP contribution >= 0.6 is 0 Å². The fourth-order valence-electron chi connectivity index (χ4n) is 2.91. The zero-order valence-electron chi connectivity index (χ0n) is 12.3. The maximum absolute atomic E-state index is 11.2. The Balaban J connectivity index is 1.72. The molecule has 108 valence electrons. The Morgan fingerprint density at radius 1 is 0.905 bits per heavy atom. The van der Waals surface area contributed by atoms with E-state index in [1.165, 1.54) is 11.3 Å². The average molecular weight is 280 g/mol. The van der Waals surface area contributed by atoms with Gasteiger partial charge in [0, 0.05) is 43.1 Å². The number of anilines is 2. The molecule has 0 unspecified atom stereocenters. The molecule has 1 fully saturated rings. The van der Waals surface area contributed by atoms with Gasteiger partial charge in [-0.15, -0.1) is 0 Å². The van der Waals surface area contributed by atoms with Crippen molar-refractivity contribution in [2.45, 2.75) is 6.92 Å². The van der Waals surface area contributed by atoms with Gasteiger partial charge in [0.25, 0.3) is 0 Å². The van der Waals surface area contributed by atoms with Gasteiger partial charge in [0.05, 0.1) is 0 Å². The van der Waals surface area contributed by atoms with E-state index in [9.17, 15) is 4.79 Å². The first kappa shape index (κ1) is 13.7. The van der Waals surface area contributed by atoms with E-state index in [-0.39, 0.29) is 0 Å². The normalized spacial score (nSPS) is 15.1. The van der Waals surface area contributed by atoms with Crippen molar-refractivity contribution in [1.29, 1.82) is 0 Å². The quantitative estimate of drug-likeness (QED) is 0.807. The van der Waals surface area contributed by atoms with Crippen LogP contribution in [0.2, 0.25) is 0 Å². The second kappa shape index (κ2) is 6.00. The number of piperazine rings is 1. The first-order valence-electron chi connectivity index (χ1n) is 7.39. The topological polar surface area (TPSA) is 23.6 Å². The van der Waals surface area contributed by atoms with Gasteiger partial charge in [-0.1, -0.05) is 24.3 Å². The number of rotatable bonds is 3. The molecule has 0 bridgehead atoms. The van der Waals surface area contributed by atoms with Crippen LogP contribution in [0.1, 0.15) is 15.9 Å². The van der Waals surface area contributed by atoms with E-state index in [0.717, 1.165) is 43.7 Å². The van der Waals surface area contributed by atoms with Crippen molar-refractivity contribution < 1.29 is 4.79 Å². The van der Waals surface area contributed by atoms with Crippen LogP contribution in [0.25, 0.3) is 0 Å². The highest BCUT2D eigenvalue weighted by molar-refractivity contribution is 5.84. The lowest BCUT2D eigenvalue weighted by atomic mass is 10.1. The van der Waals surface area contributed by atoms with E-state index in [4.69, 9.17) is 0 Å². The van der Waals surface area contributed by atoms with Crippen LogP contribution in [0.3, 0.4) is 0 Å². The monoisotopic (exact) mass is 280 g/mol. The van der Waals surface area contributed by atoms with Crippen LogP contribution in [0.4, 0.5) is 11.4 Å². The third-order valence-corrected chi connectivity index (χ3v) is 4.05. The summed E-state index contributed by atoms with van der Waals surface area (Å²) in [6, 6.07) is 16.5. The minimum Gasteiger partial charge on any atom is -0.368 e. The van der Waals surface area contributed by atoms with Gasteiger partial charge in [-0.25, -0.2) is 0 Å². The van der Waals surface area contributed by atoms with Gasteiger partial charge in [-0.3, -0.25) is 4.79 Å². The van der Waals surface area contributed by atoms with E-state index >= 15 is 0 Å². The van der Waals surface area contributed by atoms with Gasteiger partial charge < -0.3 is 9.80 Å². The number of nitrogens with zero attached hydrogens (tertiary/aromatic N) is 2. The Bertz CT molecular complexity index is 631. The molecule has 3 nitrogen and oxygen atoms in total. The summed E-state index contributed by atoms with van der Waals surface area (Å²) in [5, 5.41) is 0. The lowest BCUT2D eigenvalue weighted by Gasteiger charge is -2.38. The number of aryl methyl sites for hydroxylation is 1. The van der Waals surface area contributed by atoms with Crippen LogP contribution in [-0.4, -0.2) is 32.5 Å². The highest BCUT2D eigenvalue weighted by atomic mass is 16.1. The highest BCUT2D eigenvalue weighted by Gasteiger charge is 2.19. The van der Waals surface area contributed by atoms with Crippen LogP contribution < -0.4 is 9.80 Å². The SMILES string of the molecule is Cc1cccc(N2CCN(c3ccccc3C=O)CC2)c1. The minimum absolute atomic E-state index is 0.779. The molecule has 21 heavy (non-hydrogen) atoms. The summed E-state index contributed by atoms with van der Waals surface area (Å²) < 4.78 is 0. The van der Waals surface area contributed by atoms with E-state index in [2.05, 4.69) is 41.0 Å². The van der Waals surface area contributed by atoms with Crippen molar-refractivity contribution in [2.75, 3.05) is 36.0 Å². The molecule has 1 heterocycles. The summed E-state index contributed by atoms with van der Waals surface area (Å²) in [4.78, 5) is 15.9. The molecule has 0 aliphatic carbocycles. The van der Waals surface area contributed by atoms with Crippen LogP contribution in [0, 0.1) is 6.92 Å². The third kappa shape index (κ3) is 2.92. The summed E-state index contributed by atoms with van der Waals surface area (Å²) in [6.07, 6.45) is 0.947. The second-order valence-corrected chi connectivity index (χ2v) is 5.49. The predicted octanol–water partition coefficient (Wildman–Crippen LogP) is 3.13. The van der Waals surface area contributed by atoms with Gasteiger partial charge in [-0.2, -0.15) is 0 Å². The zero-order chi connectivity index (χ0) is 14.7. The first-order valence-corrected chi connectivity index (χ1v) is 7.39. The van der Waals surface area contributed by atoms with E-state index in [1.807, 2.05) is 24.3 Å². The molecule has 3 rings (SSSR count). The average Bonchev–Trinajstić information content (AvgIpc) is 2.55. The van der Waals surface area contributed by atoms with Crippen molar-refractivity contribution in [3.8, 4) is 0 Å². The molecule has 0 atom stereocenters. The molecular formula is C18H20N2O. The summed E-state index contributed by atoms with van der Waals surface area (Å²) in [6.45, 7) is 5.98. The Morgan fingerprint density at radius 2 is 1.62 bits per heavy atom. The number of hydrogen-bond donors (Lipinski definition) is 0. The molecule has 0 amide bonds. The van der Waals surface area contributed by atoms with E-state index in [1.54, 1.807) is 0 Å². The Labute approximate surface area is 125 Å². The van der Waals surface area contributed by atoms with Crippen LogP contribution in [0.5, 0.6) is 0 Å². The lowest BCUT2D eigenvalue weighted by Crippen LogP contribution is -2.46. The molecule has 0 N–H and O–H groups in total. The summed E-state index contributed by atoms with van der Waals surface area (Å²) >= 11 is 0. The third-order valence-electron chi connectivity index (χ3n) is 4.05. The molecule has 0 radical (unpaired) electrons. The van der Waals surface area contributed by atoms with Crippen molar-refractivity contribution in [3.05, 3.63) is 59.7 Å². The van der Waals surface area contributed by atoms with Crippen molar-refractivity contribution in [1.82, 2.24) is 0 Å². The molecule has 1 aliphatic heterocycles. The van der Waals surface area contributed by atoms with Crippen LogP contribution in [0.15, 0.2) is 48.5 Å². The first-order chi connectivity index (χ1) is 10.3. The molecule has 3 heteroatoms. The van der Waals surface area contributed by atoms with E-state index in [0.29, 0.717) is 0 Å². The van der Waals surface area contributed by atoms with Gasteiger partial charge in [0.15, 0.2) is 6.29 Å². The summed E-state index contributed by atoms with van der Waals surface area (Å²) in [7, 11) is 0. The van der Waals surface area contributed by atoms with Gasteiger partial charge in [-0.05, 0) is 36.8 Å². The van der Waals surface area contributed by atoms with Gasteiger partial charge in [0.1, 0.15) is 0 Å². The number of carbonyl (C=O) groups is 1. The molecule has 1 aliphatic rings. The van der Waals surface area contributed by atoms with Crippen molar-refractivity contribution in [3.63, 3.8) is 0 Å². The Morgan fingerprint density at radius 3 is 2.33 bits per heavy atom. The van der Waals surface area contributed by atoms with Crippen molar-refractivity contribution >= 4 is 17.7 Å². The highest BCUT2D eigenvalue weighted by Crippen LogP contribution is 2.23. The minimum atomic E-state index is 0.779. The number of para-hydroxylation sites is 1. The van der Waals surface area contributed by atoms with Gasteiger partial charge >= 0.3 is 0 Å². The summed E-state index contributed by atoms with van der Waals surface area (Å²) in [5.74, 6) is 0. The lowest BCUT2D eigenvalue weighted by molar-refractivity contribution is 0.112. The molecule has 0 spiro atoms. The van der Waals surface area contributed by atoms with Crippen molar-refractivity contribution in [2.24, 2.45) is 0 Å². The molecule has 2 aromatic rings. The molecule has 0 saturated carbocycles. The van der Waals surface area contributed by atoms with Crippen LogP contribution in [-0.2, 0) is 0 Å². The number of carbonyl (C=O) groups excluding carboxylic acids is 1. The molecular weight excluding hydrogens is 260 g/mol.